The van der Waals surface area contributed by atoms with E-state index in [0.29, 0.717) is 5.02 Å². The van der Waals surface area contributed by atoms with E-state index >= 15 is 0 Å². The second-order valence-corrected chi connectivity index (χ2v) is 3.37. The molecule has 0 aliphatic rings. The van der Waals surface area contributed by atoms with E-state index in [1.165, 1.54) is 6.07 Å². The molecule has 2 N–H and O–H groups in total. The Hall–Kier alpha value is -1.06. The molecule has 3 nitrogen and oxygen atoms in total. The van der Waals surface area contributed by atoms with Gasteiger partial charge in [-0.25, -0.2) is 4.79 Å². The van der Waals surface area contributed by atoms with E-state index in [1.54, 1.807) is 12.1 Å². The third-order valence-electron chi connectivity index (χ3n) is 1.94. The van der Waals surface area contributed by atoms with Crippen molar-refractivity contribution in [1.82, 2.24) is 5.32 Å². The first-order chi connectivity index (χ1) is 6.65. The van der Waals surface area contributed by atoms with Crippen molar-refractivity contribution in [3.05, 3.63) is 34.3 Å². The molecule has 0 heterocycles. The number of nitrogens with one attached hydrogen (secondary N) is 1. The fourth-order valence-corrected chi connectivity index (χ4v) is 1.42. The molecular formula is C10H12ClNO2. The summed E-state index contributed by atoms with van der Waals surface area (Å²) in [5, 5.41) is 12.2. The molecule has 0 atom stereocenters. The van der Waals surface area contributed by atoms with Crippen molar-refractivity contribution in [3.63, 3.8) is 0 Å². The molecular weight excluding hydrogens is 202 g/mol. The second kappa shape index (κ2) is 4.98. The molecule has 1 aromatic carbocycles. The average molecular weight is 214 g/mol. The lowest BCUT2D eigenvalue weighted by molar-refractivity contribution is 0.0697. The van der Waals surface area contributed by atoms with Crippen LogP contribution in [0.2, 0.25) is 5.02 Å². The van der Waals surface area contributed by atoms with Crippen molar-refractivity contribution < 1.29 is 9.90 Å². The molecule has 1 rings (SSSR count). The maximum Gasteiger partial charge on any atom is 0.335 e. The predicted octanol–water partition coefficient (Wildman–Crippen LogP) is 1.80. The first kappa shape index (κ1) is 11.0. The minimum absolute atomic E-state index is 0.225. The quantitative estimate of drug-likeness (QED) is 0.802. The van der Waals surface area contributed by atoms with Gasteiger partial charge in [0.15, 0.2) is 0 Å². The van der Waals surface area contributed by atoms with Crippen LogP contribution in [0.15, 0.2) is 18.2 Å². The Morgan fingerprint density at radius 1 is 1.57 bits per heavy atom. The van der Waals surface area contributed by atoms with Crippen LogP contribution in [-0.4, -0.2) is 24.7 Å². The Labute approximate surface area is 87.7 Å². The molecule has 0 aliphatic heterocycles. The van der Waals surface area contributed by atoms with E-state index in [-0.39, 0.29) is 5.56 Å². The fourth-order valence-electron chi connectivity index (χ4n) is 1.14. The molecule has 0 aromatic heterocycles. The van der Waals surface area contributed by atoms with Crippen LogP contribution in [0, 0.1) is 0 Å². The Bertz CT molecular complexity index is 339. The highest BCUT2D eigenvalue weighted by Crippen LogP contribution is 2.18. The molecule has 0 radical (unpaired) electrons. The normalized spacial score (nSPS) is 10.1. The van der Waals surface area contributed by atoms with Crippen LogP contribution in [0.1, 0.15) is 15.9 Å². The van der Waals surface area contributed by atoms with E-state index in [4.69, 9.17) is 16.7 Å². The Morgan fingerprint density at radius 2 is 2.29 bits per heavy atom. The Kier molecular flexibility index (Phi) is 3.92. The summed E-state index contributed by atoms with van der Waals surface area (Å²) in [6.45, 7) is 0.826. The molecule has 0 amide bonds. The molecule has 1 aromatic rings. The summed E-state index contributed by atoms with van der Waals surface area (Å²) in [6, 6.07) is 4.80. The summed E-state index contributed by atoms with van der Waals surface area (Å²) in [5.74, 6) is -0.952. The molecule has 0 saturated heterocycles. The topological polar surface area (TPSA) is 49.3 Å². The summed E-state index contributed by atoms with van der Waals surface area (Å²) in [6.07, 6.45) is 0.801. The number of carbonyl (C=O) groups is 1. The second-order valence-electron chi connectivity index (χ2n) is 2.96. The van der Waals surface area contributed by atoms with Crippen molar-refractivity contribution in [2.24, 2.45) is 0 Å². The van der Waals surface area contributed by atoms with Crippen LogP contribution in [0.25, 0.3) is 0 Å². The Balaban J connectivity index is 2.84. The van der Waals surface area contributed by atoms with E-state index < -0.39 is 5.97 Å². The van der Waals surface area contributed by atoms with E-state index in [2.05, 4.69) is 5.32 Å². The van der Waals surface area contributed by atoms with Crippen LogP contribution in [-0.2, 0) is 6.42 Å². The van der Waals surface area contributed by atoms with Gasteiger partial charge < -0.3 is 10.4 Å². The third-order valence-corrected chi connectivity index (χ3v) is 2.30. The summed E-state index contributed by atoms with van der Waals surface area (Å²) in [7, 11) is 1.86. The largest absolute Gasteiger partial charge is 0.478 e. The van der Waals surface area contributed by atoms with Crippen LogP contribution < -0.4 is 5.32 Å². The SMILES string of the molecule is CNCCc1ccc(C(=O)O)cc1Cl. The zero-order valence-corrected chi connectivity index (χ0v) is 8.64. The third kappa shape index (κ3) is 2.72. The van der Waals surface area contributed by atoms with Gasteiger partial charge in [0.1, 0.15) is 0 Å². The summed E-state index contributed by atoms with van der Waals surface area (Å²) >= 11 is 5.92. The lowest BCUT2D eigenvalue weighted by Gasteiger charge is -2.04. The number of aromatic carboxylic acids is 1. The highest BCUT2D eigenvalue weighted by atomic mass is 35.5. The summed E-state index contributed by atoms with van der Waals surface area (Å²) < 4.78 is 0. The van der Waals surface area contributed by atoms with Gasteiger partial charge in [-0.2, -0.15) is 0 Å². The van der Waals surface area contributed by atoms with Gasteiger partial charge in [-0.3, -0.25) is 0 Å². The van der Waals surface area contributed by atoms with Crippen LogP contribution in [0.3, 0.4) is 0 Å². The molecule has 76 valence electrons. The van der Waals surface area contributed by atoms with Gasteiger partial charge in [0, 0.05) is 5.02 Å². The standard InChI is InChI=1S/C10H12ClNO2/c1-12-5-4-7-2-3-8(10(13)14)6-9(7)11/h2-3,6,12H,4-5H2,1H3,(H,13,14). The molecule has 0 saturated carbocycles. The van der Waals surface area contributed by atoms with Gasteiger partial charge in [-0.15, -0.1) is 0 Å². The van der Waals surface area contributed by atoms with Gasteiger partial charge in [-0.05, 0) is 37.7 Å². The maximum absolute atomic E-state index is 10.6. The highest BCUT2D eigenvalue weighted by Gasteiger charge is 2.06. The fraction of sp³-hybridized carbons (Fsp3) is 0.300. The van der Waals surface area contributed by atoms with Gasteiger partial charge in [0.2, 0.25) is 0 Å². The number of halogens is 1. The number of hydrogen-bond acceptors (Lipinski definition) is 2. The summed E-state index contributed by atoms with van der Waals surface area (Å²) in [4.78, 5) is 10.6. The van der Waals surface area contributed by atoms with E-state index in [1.807, 2.05) is 7.05 Å². The Morgan fingerprint density at radius 3 is 2.79 bits per heavy atom. The minimum atomic E-state index is -0.952. The zero-order chi connectivity index (χ0) is 10.6. The number of rotatable bonds is 4. The van der Waals surface area contributed by atoms with Crippen molar-refractivity contribution in [2.45, 2.75) is 6.42 Å². The van der Waals surface area contributed by atoms with Crippen LogP contribution in [0.4, 0.5) is 0 Å². The van der Waals surface area contributed by atoms with Gasteiger partial charge >= 0.3 is 5.97 Å². The number of hydrogen-bond donors (Lipinski definition) is 2. The lowest BCUT2D eigenvalue weighted by atomic mass is 10.1. The van der Waals surface area contributed by atoms with E-state index in [0.717, 1.165) is 18.5 Å². The van der Waals surface area contributed by atoms with Gasteiger partial charge in [-0.1, -0.05) is 17.7 Å². The minimum Gasteiger partial charge on any atom is -0.478 e. The molecule has 0 fully saturated rings. The van der Waals surface area contributed by atoms with Crippen LogP contribution >= 0.6 is 11.6 Å². The number of likely N-dealkylation sites (N-methyl/N-ethyl adjacent to an activating group) is 1. The monoisotopic (exact) mass is 213 g/mol. The van der Waals surface area contributed by atoms with Crippen molar-refractivity contribution in [2.75, 3.05) is 13.6 Å². The van der Waals surface area contributed by atoms with Gasteiger partial charge in [0.25, 0.3) is 0 Å². The van der Waals surface area contributed by atoms with Crippen molar-refractivity contribution >= 4 is 17.6 Å². The zero-order valence-electron chi connectivity index (χ0n) is 7.88. The average Bonchev–Trinajstić information content (AvgIpc) is 2.15. The number of carboxylic acid groups (broad SMARTS) is 1. The summed E-state index contributed by atoms with van der Waals surface area (Å²) in [5.41, 5.74) is 1.19. The molecule has 0 unspecified atom stereocenters. The molecule has 4 heteroatoms. The van der Waals surface area contributed by atoms with E-state index in [9.17, 15) is 4.79 Å². The van der Waals surface area contributed by atoms with Crippen molar-refractivity contribution in [3.8, 4) is 0 Å². The number of benzene rings is 1. The van der Waals surface area contributed by atoms with Gasteiger partial charge in [0.05, 0.1) is 5.56 Å². The number of carboxylic acids is 1. The lowest BCUT2D eigenvalue weighted by Crippen LogP contribution is -2.10. The van der Waals surface area contributed by atoms with Crippen LogP contribution in [0.5, 0.6) is 0 Å². The highest BCUT2D eigenvalue weighted by molar-refractivity contribution is 6.31. The maximum atomic E-state index is 10.6. The first-order valence-electron chi connectivity index (χ1n) is 4.31. The molecule has 0 spiro atoms. The molecule has 14 heavy (non-hydrogen) atoms. The molecule has 0 aliphatic carbocycles. The molecule has 0 bridgehead atoms. The smallest absolute Gasteiger partial charge is 0.335 e. The predicted molar refractivity (Wildman–Crippen MR) is 56.0 cm³/mol. The van der Waals surface area contributed by atoms with Crippen molar-refractivity contribution in [1.29, 1.82) is 0 Å². The first-order valence-corrected chi connectivity index (χ1v) is 4.69.